The molecule has 0 bridgehead atoms. The van der Waals surface area contributed by atoms with Crippen LogP contribution in [-0.2, 0) is 0 Å². The van der Waals surface area contributed by atoms with E-state index < -0.39 is 0 Å². The Morgan fingerprint density at radius 3 is 1.13 bits per heavy atom. The fourth-order valence-electron chi connectivity index (χ4n) is 3.05. The van der Waals surface area contributed by atoms with Crippen LogP contribution in [0.3, 0.4) is 0 Å². The van der Waals surface area contributed by atoms with E-state index in [1.165, 1.54) is 0 Å². The van der Waals surface area contributed by atoms with E-state index in [1.807, 2.05) is 109 Å². The molecule has 0 saturated heterocycles. The average molecular weight is 429 g/mol. The third-order valence-electron chi connectivity index (χ3n) is 4.48. The Bertz CT molecular complexity index is 1100. The number of para-hydroxylation sites is 2. The first-order valence-corrected chi connectivity index (χ1v) is 10.3. The zero-order chi connectivity index (χ0) is 20.8. The topological polar surface area (TPSA) is 24.7 Å². The molecule has 0 atom stereocenters. The van der Waals surface area contributed by atoms with Gasteiger partial charge in [-0.2, -0.15) is 0 Å². The molecule has 0 heterocycles. The predicted octanol–water partition coefficient (Wildman–Crippen LogP) is 7.94. The molecule has 2 nitrogen and oxygen atoms in total. The van der Waals surface area contributed by atoms with Gasteiger partial charge in [-0.05, 0) is 36.4 Å². The summed E-state index contributed by atoms with van der Waals surface area (Å²) in [6.07, 6.45) is 0. The van der Waals surface area contributed by atoms with E-state index in [2.05, 4.69) is 0 Å². The van der Waals surface area contributed by atoms with Crippen LogP contribution in [0.5, 0.6) is 0 Å². The maximum Gasteiger partial charge on any atom is 0.0987 e. The first-order chi connectivity index (χ1) is 14.7. The molecule has 146 valence electrons. The highest BCUT2D eigenvalue weighted by Gasteiger charge is 2.19. The summed E-state index contributed by atoms with van der Waals surface area (Å²) < 4.78 is 0. The van der Waals surface area contributed by atoms with Gasteiger partial charge in [0, 0.05) is 11.1 Å². The van der Waals surface area contributed by atoms with Crippen LogP contribution in [0.4, 0.5) is 11.4 Å². The van der Waals surface area contributed by atoms with E-state index in [4.69, 9.17) is 33.2 Å². The molecular weight excluding hydrogens is 411 g/mol. The van der Waals surface area contributed by atoms with Gasteiger partial charge in [0.05, 0.1) is 32.8 Å². The van der Waals surface area contributed by atoms with Crippen LogP contribution in [-0.4, -0.2) is 11.4 Å². The highest BCUT2D eigenvalue weighted by atomic mass is 35.5. The Balaban J connectivity index is 2.01. The molecule has 4 aromatic rings. The van der Waals surface area contributed by atoms with Gasteiger partial charge in [-0.25, -0.2) is 9.98 Å². The molecule has 4 rings (SSSR count). The molecule has 0 aromatic heterocycles. The SMILES string of the molecule is Clc1ccccc1C(=Nc1ccccc1)C(=Nc1ccccc1)c1ccccc1Cl. The second kappa shape index (κ2) is 9.53. The van der Waals surface area contributed by atoms with Gasteiger partial charge in [0.2, 0.25) is 0 Å². The number of hydrogen-bond donors (Lipinski definition) is 0. The van der Waals surface area contributed by atoms with Crippen LogP contribution < -0.4 is 0 Å². The van der Waals surface area contributed by atoms with Gasteiger partial charge in [-0.15, -0.1) is 0 Å². The molecule has 0 unspecified atom stereocenters. The molecule has 0 spiro atoms. The summed E-state index contributed by atoms with van der Waals surface area (Å²) in [6.45, 7) is 0. The molecule has 4 aromatic carbocycles. The monoisotopic (exact) mass is 428 g/mol. The standard InChI is InChI=1S/C26H18Cl2N2/c27-23-17-9-7-15-21(23)25(29-19-11-3-1-4-12-19)26(22-16-8-10-18-24(22)28)30-20-13-5-2-6-14-20/h1-18H. The molecule has 0 radical (unpaired) electrons. The van der Waals surface area contributed by atoms with Crippen molar-refractivity contribution >= 4 is 46.0 Å². The molecular formula is C26H18Cl2N2. The van der Waals surface area contributed by atoms with E-state index in [0.29, 0.717) is 21.5 Å². The first kappa shape index (κ1) is 20.1. The van der Waals surface area contributed by atoms with E-state index >= 15 is 0 Å². The third-order valence-corrected chi connectivity index (χ3v) is 5.14. The summed E-state index contributed by atoms with van der Waals surface area (Å²) in [5, 5.41) is 1.19. The minimum Gasteiger partial charge on any atom is -0.246 e. The summed E-state index contributed by atoms with van der Waals surface area (Å²) in [4.78, 5) is 9.89. The smallest absolute Gasteiger partial charge is 0.0987 e. The van der Waals surface area contributed by atoms with Crippen LogP contribution in [0.15, 0.2) is 119 Å². The number of rotatable bonds is 5. The van der Waals surface area contributed by atoms with E-state index in [1.54, 1.807) is 0 Å². The van der Waals surface area contributed by atoms with Crippen molar-refractivity contribution < 1.29 is 0 Å². The number of benzene rings is 4. The fraction of sp³-hybridized carbons (Fsp3) is 0. The Kier molecular flexibility index (Phi) is 6.38. The molecule has 0 aliphatic carbocycles. The van der Waals surface area contributed by atoms with Gasteiger partial charge < -0.3 is 0 Å². The van der Waals surface area contributed by atoms with Crippen LogP contribution >= 0.6 is 23.2 Å². The van der Waals surface area contributed by atoms with Crippen molar-refractivity contribution in [1.82, 2.24) is 0 Å². The predicted molar refractivity (Wildman–Crippen MR) is 128 cm³/mol. The molecule has 0 N–H and O–H groups in total. The van der Waals surface area contributed by atoms with E-state index in [0.717, 1.165) is 22.5 Å². The number of aliphatic imine (C=N–C) groups is 2. The lowest BCUT2D eigenvalue weighted by Gasteiger charge is -2.14. The number of nitrogens with zero attached hydrogens (tertiary/aromatic N) is 2. The van der Waals surface area contributed by atoms with Crippen molar-refractivity contribution in [2.75, 3.05) is 0 Å². The Labute approximate surface area is 186 Å². The lowest BCUT2D eigenvalue weighted by atomic mass is 9.99. The third kappa shape index (κ3) is 4.68. The number of hydrogen-bond acceptors (Lipinski definition) is 2. The van der Waals surface area contributed by atoms with Gasteiger partial charge in [0.1, 0.15) is 0 Å². The first-order valence-electron chi connectivity index (χ1n) is 9.50. The maximum absolute atomic E-state index is 6.59. The molecule has 4 heteroatoms. The Morgan fingerprint density at radius 2 is 0.767 bits per heavy atom. The quantitative estimate of drug-likeness (QED) is 0.288. The molecule has 0 fully saturated rings. The van der Waals surface area contributed by atoms with Crippen LogP contribution in [0.25, 0.3) is 0 Å². The lowest BCUT2D eigenvalue weighted by molar-refractivity contribution is 1.47. The van der Waals surface area contributed by atoms with Gasteiger partial charge >= 0.3 is 0 Å². The summed E-state index contributed by atoms with van der Waals surface area (Å²) in [5.74, 6) is 0. The van der Waals surface area contributed by atoms with Crippen LogP contribution in [0.2, 0.25) is 10.0 Å². The summed E-state index contributed by atoms with van der Waals surface area (Å²) in [5.41, 5.74) is 4.50. The van der Waals surface area contributed by atoms with Crippen LogP contribution in [0, 0.1) is 0 Å². The number of halogens is 2. The van der Waals surface area contributed by atoms with Gasteiger partial charge in [-0.1, -0.05) is 96.0 Å². The molecule has 0 aliphatic heterocycles. The fourth-order valence-corrected chi connectivity index (χ4v) is 3.50. The lowest BCUT2D eigenvalue weighted by Crippen LogP contribution is -2.18. The largest absolute Gasteiger partial charge is 0.246 e. The summed E-state index contributed by atoms with van der Waals surface area (Å²) in [7, 11) is 0. The molecule has 0 aliphatic rings. The van der Waals surface area contributed by atoms with E-state index in [9.17, 15) is 0 Å². The van der Waals surface area contributed by atoms with Crippen molar-refractivity contribution in [2.24, 2.45) is 9.98 Å². The minimum absolute atomic E-state index is 0.597. The maximum atomic E-state index is 6.59. The van der Waals surface area contributed by atoms with Crippen molar-refractivity contribution in [1.29, 1.82) is 0 Å². The average Bonchev–Trinajstić information content (AvgIpc) is 2.79. The van der Waals surface area contributed by atoms with Gasteiger partial charge in [-0.3, -0.25) is 0 Å². The minimum atomic E-state index is 0.597. The zero-order valence-corrected chi connectivity index (χ0v) is 17.6. The molecule has 0 amide bonds. The van der Waals surface area contributed by atoms with Crippen molar-refractivity contribution in [3.63, 3.8) is 0 Å². The highest BCUT2D eigenvalue weighted by Crippen LogP contribution is 2.27. The summed E-state index contributed by atoms with van der Waals surface area (Å²) in [6, 6.07) is 34.8. The van der Waals surface area contributed by atoms with E-state index in [-0.39, 0.29) is 0 Å². The Morgan fingerprint density at radius 1 is 0.433 bits per heavy atom. The molecule has 30 heavy (non-hydrogen) atoms. The second-order valence-corrected chi connectivity index (χ2v) is 7.37. The molecule has 0 saturated carbocycles. The Hall–Kier alpha value is -3.20. The highest BCUT2D eigenvalue weighted by molar-refractivity contribution is 6.58. The second-order valence-electron chi connectivity index (χ2n) is 6.55. The zero-order valence-electron chi connectivity index (χ0n) is 16.0. The van der Waals surface area contributed by atoms with Crippen molar-refractivity contribution in [3.8, 4) is 0 Å². The summed E-state index contributed by atoms with van der Waals surface area (Å²) >= 11 is 13.2. The van der Waals surface area contributed by atoms with Crippen LogP contribution in [0.1, 0.15) is 11.1 Å². The van der Waals surface area contributed by atoms with Gasteiger partial charge in [0.25, 0.3) is 0 Å². The normalized spacial score (nSPS) is 12.1. The van der Waals surface area contributed by atoms with Crippen molar-refractivity contribution in [3.05, 3.63) is 130 Å². The van der Waals surface area contributed by atoms with Gasteiger partial charge in [0.15, 0.2) is 0 Å². The van der Waals surface area contributed by atoms with Crippen molar-refractivity contribution in [2.45, 2.75) is 0 Å².